The molecule has 2 rings (SSSR count). The first-order chi connectivity index (χ1) is 9.46. The lowest BCUT2D eigenvalue weighted by molar-refractivity contribution is 0.285. The fourth-order valence-electron chi connectivity index (χ4n) is 1.52. The second-order valence-corrected chi connectivity index (χ2v) is 6.54. The van der Waals surface area contributed by atoms with E-state index in [0.29, 0.717) is 4.88 Å². The third-order valence-electron chi connectivity index (χ3n) is 2.50. The Morgan fingerprint density at radius 3 is 2.75 bits per heavy atom. The average molecular weight is 317 g/mol. The Labute approximate surface area is 119 Å². The standard InChI is InChI=1S/C12H12FNO4S2/c1-18-12-4-8(2-3-11(12)13)14-20(16,17)10-5-9(6-15)19-7-10/h2-5,7,14-15H,6H2,1H3. The highest BCUT2D eigenvalue weighted by Gasteiger charge is 2.17. The Morgan fingerprint density at radius 2 is 2.15 bits per heavy atom. The summed E-state index contributed by atoms with van der Waals surface area (Å²) in [4.78, 5) is 0.594. The van der Waals surface area contributed by atoms with Crippen molar-refractivity contribution >= 4 is 27.0 Å². The molecule has 0 atom stereocenters. The lowest BCUT2D eigenvalue weighted by atomic mass is 10.3. The van der Waals surface area contributed by atoms with Gasteiger partial charge in [0.25, 0.3) is 10.0 Å². The lowest BCUT2D eigenvalue weighted by Gasteiger charge is -2.08. The molecule has 0 amide bonds. The van der Waals surface area contributed by atoms with Gasteiger partial charge in [-0.1, -0.05) is 0 Å². The number of aliphatic hydroxyl groups is 1. The van der Waals surface area contributed by atoms with Crippen LogP contribution < -0.4 is 9.46 Å². The molecular formula is C12H12FNO4S2. The van der Waals surface area contributed by atoms with Gasteiger partial charge in [-0.05, 0) is 18.2 Å². The summed E-state index contributed by atoms with van der Waals surface area (Å²) in [6.07, 6.45) is 0. The molecule has 108 valence electrons. The number of sulfonamides is 1. The first-order valence-corrected chi connectivity index (χ1v) is 7.87. The maximum Gasteiger partial charge on any atom is 0.262 e. The zero-order valence-electron chi connectivity index (χ0n) is 10.5. The van der Waals surface area contributed by atoms with Crippen LogP contribution in [0.15, 0.2) is 34.5 Å². The van der Waals surface area contributed by atoms with Crippen molar-refractivity contribution < 1.29 is 22.7 Å². The van der Waals surface area contributed by atoms with Crippen LogP contribution in [-0.2, 0) is 16.6 Å². The molecule has 1 aromatic heterocycles. The first kappa shape index (κ1) is 14.8. The second-order valence-electron chi connectivity index (χ2n) is 3.86. The summed E-state index contributed by atoms with van der Waals surface area (Å²) in [5.41, 5.74) is 0.194. The van der Waals surface area contributed by atoms with Crippen molar-refractivity contribution in [1.82, 2.24) is 0 Å². The number of rotatable bonds is 5. The molecule has 20 heavy (non-hydrogen) atoms. The minimum absolute atomic E-state index is 0.0495. The number of ether oxygens (including phenoxy) is 1. The molecule has 0 spiro atoms. The van der Waals surface area contributed by atoms with Crippen LogP contribution in [0.4, 0.5) is 10.1 Å². The number of benzene rings is 1. The molecule has 2 aromatic rings. The normalized spacial score (nSPS) is 11.3. The number of anilines is 1. The molecule has 1 aromatic carbocycles. The van der Waals surface area contributed by atoms with Crippen LogP contribution in [0, 0.1) is 5.82 Å². The molecule has 0 radical (unpaired) electrons. The summed E-state index contributed by atoms with van der Waals surface area (Å²) >= 11 is 1.14. The topological polar surface area (TPSA) is 75.6 Å². The maximum absolute atomic E-state index is 13.2. The molecule has 8 heteroatoms. The number of hydrogen-bond donors (Lipinski definition) is 2. The van der Waals surface area contributed by atoms with Gasteiger partial charge in [-0.2, -0.15) is 0 Å². The maximum atomic E-state index is 13.2. The summed E-state index contributed by atoms with van der Waals surface area (Å²) in [6, 6.07) is 5.05. The van der Waals surface area contributed by atoms with Gasteiger partial charge < -0.3 is 9.84 Å². The molecule has 0 unspecified atom stereocenters. The molecule has 5 nitrogen and oxygen atoms in total. The van der Waals surface area contributed by atoms with E-state index in [1.807, 2.05) is 0 Å². The van der Waals surface area contributed by atoms with Gasteiger partial charge in [-0.3, -0.25) is 4.72 Å². The van der Waals surface area contributed by atoms with E-state index >= 15 is 0 Å². The van der Waals surface area contributed by atoms with Gasteiger partial charge >= 0.3 is 0 Å². The van der Waals surface area contributed by atoms with Crippen LogP contribution >= 0.6 is 11.3 Å². The molecule has 0 fully saturated rings. The van der Waals surface area contributed by atoms with E-state index in [1.165, 1.54) is 30.7 Å². The Hall–Kier alpha value is -1.64. The van der Waals surface area contributed by atoms with Crippen molar-refractivity contribution in [1.29, 1.82) is 0 Å². The van der Waals surface area contributed by atoms with E-state index in [4.69, 9.17) is 9.84 Å². The highest BCUT2D eigenvalue weighted by molar-refractivity contribution is 7.92. The van der Waals surface area contributed by atoms with Crippen molar-refractivity contribution in [3.05, 3.63) is 40.3 Å². The quantitative estimate of drug-likeness (QED) is 0.886. The highest BCUT2D eigenvalue weighted by atomic mass is 32.2. The Kier molecular flexibility index (Phi) is 4.26. The number of hydrogen-bond acceptors (Lipinski definition) is 5. The monoisotopic (exact) mass is 317 g/mol. The molecule has 0 aliphatic rings. The summed E-state index contributed by atoms with van der Waals surface area (Å²) in [5.74, 6) is -0.625. The number of halogens is 1. The van der Waals surface area contributed by atoms with Gasteiger partial charge in [0.1, 0.15) is 0 Å². The highest BCUT2D eigenvalue weighted by Crippen LogP contribution is 2.25. The van der Waals surface area contributed by atoms with Gasteiger partial charge in [0.15, 0.2) is 11.6 Å². The van der Waals surface area contributed by atoms with E-state index in [-0.39, 0.29) is 22.9 Å². The molecule has 1 heterocycles. The Bertz CT molecular complexity index is 712. The van der Waals surface area contributed by atoms with Crippen molar-refractivity contribution in [3.63, 3.8) is 0 Å². The average Bonchev–Trinajstić information content (AvgIpc) is 2.90. The van der Waals surface area contributed by atoms with E-state index < -0.39 is 15.8 Å². The Morgan fingerprint density at radius 1 is 1.40 bits per heavy atom. The molecule has 0 bridgehead atoms. The zero-order chi connectivity index (χ0) is 14.8. The predicted octanol–water partition coefficient (Wildman–Crippen LogP) is 2.19. The molecule has 0 aliphatic heterocycles. The largest absolute Gasteiger partial charge is 0.494 e. The third-order valence-corrected chi connectivity index (χ3v) is 4.93. The van der Waals surface area contributed by atoms with Gasteiger partial charge in [0.2, 0.25) is 0 Å². The van der Waals surface area contributed by atoms with Crippen molar-refractivity contribution in [2.75, 3.05) is 11.8 Å². The second kappa shape index (κ2) is 5.78. The molecule has 2 N–H and O–H groups in total. The van der Waals surface area contributed by atoms with Crippen LogP contribution in [0.25, 0.3) is 0 Å². The number of nitrogens with one attached hydrogen (secondary N) is 1. The van der Waals surface area contributed by atoms with Crippen LogP contribution in [0.2, 0.25) is 0 Å². The van der Waals surface area contributed by atoms with E-state index in [9.17, 15) is 12.8 Å². The summed E-state index contributed by atoms with van der Waals surface area (Å²) in [7, 11) is -2.47. The smallest absolute Gasteiger partial charge is 0.262 e. The summed E-state index contributed by atoms with van der Waals surface area (Å²) < 4.78 is 44.5. The van der Waals surface area contributed by atoms with Crippen LogP contribution in [0.3, 0.4) is 0 Å². The zero-order valence-corrected chi connectivity index (χ0v) is 12.1. The van der Waals surface area contributed by atoms with E-state index in [2.05, 4.69) is 4.72 Å². The van der Waals surface area contributed by atoms with Gasteiger partial charge in [-0.15, -0.1) is 11.3 Å². The SMILES string of the molecule is COc1cc(NS(=O)(=O)c2csc(CO)c2)ccc1F. The summed E-state index contributed by atoms with van der Waals surface area (Å²) in [6.45, 7) is -0.218. The van der Waals surface area contributed by atoms with Crippen LogP contribution in [0.1, 0.15) is 4.88 Å². The van der Waals surface area contributed by atoms with Gasteiger partial charge in [-0.25, -0.2) is 12.8 Å². The Balaban J connectivity index is 2.28. The summed E-state index contributed by atoms with van der Waals surface area (Å²) in [5, 5.41) is 10.4. The van der Waals surface area contributed by atoms with Crippen molar-refractivity contribution in [3.8, 4) is 5.75 Å². The minimum atomic E-state index is -3.77. The van der Waals surface area contributed by atoms with Crippen molar-refractivity contribution in [2.45, 2.75) is 11.5 Å². The number of thiophene rings is 1. The molecule has 0 saturated carbocycles. The molecular weight excluding hydrogens is 305 g/mol. The minimum Gasteiger partial charge on any atom is -0.494 e. The van der Waals surface area contributed by atoms with Crippen LogP contribution in [-0.4, -0.2) is 20.6 Å². The number of aliphatic hydroxyl groups excluding tert-OH is 1. The van der Waals surface area contributed by atoms with Gasteiger partial charge in [0, 0.05) is 16.3 Å². The fourth-order valence-corrected chi connectivity index (χ4v) is 3.70. The fraction of sp³-hybridized carbons (Fsp3) is 0.167. The van der Waals surface area contributed by atoms with Crippen molar-refractivity contribution in [2.24, 2.45) is 0 Å². The van der Waals surface area contributed by atoms with E-state index in [1.54, 1.807) is 0 Å². The van der Waals surface area contributed by atoms with Crippen LogP contribution in [0.5, 0.6) is 5.75 Å². The molecule has 0 saturated heterocycles. The van der Waals surface area contributed by atoms with Gasteiger partial charge in [0.05, 0.1) is 24.3 Å². The predicted molar refractivity (Wildman–Crippen MR) is 74.0 cm³/mol. The van der Waals surface area contributed by atoms with E-state index in [0.717, 1.165) is 17.4 Å². The number of methoxy groups -OCH3 is 1. The third kappa shape index (κ3) is 3.09. The molecule has 0 aliphatic carbocycles. The lowest BCUT2D eigenvalue weighted by Crippen LogP contribution is -2.12. The first-order valence-electron chi connectivity index (χ1n) is 5.51.